The van der Waals surface area contributed by atoms with Crippen LogP contribution < -0.4 is 10.1 Å². The van der Waals surface area contributed by atoms with E-state index in [1.807, 2.05) is 54.6 Å². The van der Waals surface area contributed by atoms with Crippen molar-refractivity contribution in [3.63, 3.8) is 0 Å². The van der Waals surface area contributed by atoms with Crippen molar-refractivity contribution in [2.75, 3.05) is 0 Å². The number of hydrogen-bond acceptors (Lipinski definition) is 5. The number of aromatic nitrogens is 2. The number of nitrogens with one attached hydrogen (secondary N) is 1. The van der Waals surface area contributed by atoms with Crippen molar-refractivity contribution in [1.29, 1.82) is 0 Å². The lowest BCUT2D eigenvalue weighted by molar-refractivity contribution is 0.258. The Bertz CT molecular complexity index is 729. The molecule has 0 bridgehead atoms. The minimum Gasteiger partial charge on any atom is -0.484 e. The number of ether oxygens (including phenoxy) is 1. The lowest BCUT2D eigenvalue weighted by Gasteiger charge is -2.03. The van der Waals surface area contributed by atoms with Crippen molar-refractivity contribution >= 4 is 11.6 Å². The van der Waals surface area contributed by atoms with Crippen LogP contribution in [-0.4, -0.2) is 10.2 Å². The minimum absolute atomic E-state index is 0.258. The van der Waals surface area contributed by atoms with Gasteiger partial charge in [-0.2, -0.15) is 0 Å². The first kappa shape index (κ1) is 15.5. The molecule has 3 rings (SSSR count). The second kappa shape index (κ2) is 7.76. The van der Waals surface area contributed by atoms with Gasteiger partial charge in [-0.25, -0.2) is 0 Å². The topological polar surface area (TPSA) is 60.2 Å². The summed E-state index contributed by atoms with van der Waals surface area (Å²) in [5.74, 6) is 1.76. The average molecular weight is 330 g/mol. The molecular formula is C17H16ClN3O2. The van der Waals surface area contributed by atoms with Gasteiger partial charge in [0, 0.05) is 11.6 Å². The molecule has 2 aromatic carbocycles. The Morgan fingerprint density at radius 2 is 1.65 bits per heavy atom. The number of halogens is 1. The highest BCUT2D eigenvalue weighted by atomic mass is 35.5. The van der Waals surface area contributed by atoms with Crippen LogP contribution in [-0.2, 0) is 19.7 Å². The van der Waals surface area contributed by atoms with Crippen LogP contribution in [0, 0.1) is 0 Å². The normalized spacial score (nSPS) is 10.7. The van der Waals surface area contributed by atoms with Crippen LogP contribution >= 0.6 is 11.6 Å². The van der Waals surface area contributed by atoms with Gasteiger partial charge in [0.25, 0.3) is 5.89 Å². The zero-order valence-corrected chi connectivity index (χ0v) is 13.2. The molecule has 0 fully saturated rings. The van der Waals surface area contributed by atoms with Crippen LogP contribution in [0.25, 0.3) is 0 Å². The number of nitrogens with zero attached hydrogens (tertiary/aromatic N) is 2. The van der Waals surface area contributed by atoms with Gasteiger partial charge in [-0.1, -0.05) is 41.9 Å². The molecule has 1 heterocycles. The summed E-state index contributed by atoms with van der Waals surface area (Å²) in [4.78, 5) is 0. The molecule has 1 N–H and O–H groups in total. The summed E-state index contributed by atoms with van der Waals surface area (Å²) in [7, 11) is 0. The first-order valence-corrected chi connectivity index (χ1v) is 7.62. The maximum atomic E-state index is 5.85. The molecule has 118 valence electrons. The van der Waals surface area contributed by atoms with Gasteiger partial charge in [0.05, 0.1) is 6.54 Å². The highest BCUT2D eigenvalue weighted by Crippen LogP contribution is 2.11. The summed E-state index contributed by atoms with van der Waals surface area (Å²) < 4.78 is 11.1. The fourth-order valence-corrected chi connectivity index (χ4v) is 2.12. The lowest BCUT2D eigenvalue weighted by atomic mass is 10.2. The highest BCUT2D eigenvalue weighted by Gasteiger charge is 2.06. The van der Waals surface area contributed by atoms with Crippen LogP contribution in [0.1, 0.15) is 17.3 Å². The Hall–Kier alpha value is -2.37. The monoisotopic (exact) mass is 329 g/mol. The van der Waals surface area contributed by atoms with Crippen molar-refractivity contribution < 1.29 is 9.15 Å². The Labute approximate surface area is 139 Å². The molecule has 0 aliphatic rings. The molecule has 0 radical (unpaired) electrons. The largest absolute Gasteiger partial charge is 0.484 e. The molecule has 0 aliphatic heterocycles. The molecule has 6 heteroatoms. The van der Waals surface area contributed by atoms with Gasteiger partial charge in [0.15, 0.2) is 6.61 Å². The fraction of sp³-hybridized carbons (Fsp3) is 0.176. The predicted molar refractivity (Wildman–Crippen MR) is 87.1 cm³/mol. The molecule has 0 saturated carbocycles. The van der Waals surface area contributed by atoms with E-state index in [1.165, 1.54) is 0 Å². The lowest BCUT2D eigenvalue weighted by Crippen LogP contribution is -2.12. The zero-order valence-electron chi connectivity index (χ0n) is 12.4. The molecule has 0 spiro atoms. The Morgan fingerprint density at radius 1 is 0.913 bits per heavy atom. The number of para-hydroxylation sites is 1. The van der Waals surface area contributed by atoms with Crippen LogP contribution in [0.3, 0.4) is 0 Å². The highest BCUT2D eigenvalue weighted by molar-refractivity contribution is 6.30. The van der Waals surface area contributed by atoms with Gasteiger partial charge in [-0.3, -0.25) is 0 Å². The summed E-state index contributed by atoms with van der Waals surface area (Å²) in [6, 6.07) is 17.2. The summed E-state index contributed by atoms with van der Waals surface area (Å²) >= 11 is 5.85. The van der Waals surface area contributed by atoms with Gasteiger partial charge in [-0.05, 0) is 29.8 Å². The van der Waals surface area contributed by atoms with Crippen LogP contribution in [0.2, 0.25) is 5.02 Å². The molecule has 0 saturated heterocycles. The quantitative estimate of drug-likeness (QED) is 0.717. The van der Waals surface area contributed by atoms with E-state index in [2.05, 4.69) is 15.5 Å². The SMILES string of the molecule is Clc1ccc(CNCc2nnc(COc3ccccc3)o2)cc1. The van der Waals surface area contributed by atoms with Crippen molar-refractivity contribution in [3.8, 4) is 5.75 Å². The van der Waals surface area contributed by atoms with Gasteiger partial charge >= 0.3 is 0 Å². The summed E-state index contributed by atoms with van der Waals surface area (Å²) in [5, 5.41) is 11.9. The van der Waals surface area contributed by atoms with E-state index in [0.717, 1.165) is 16.3 Å². The predicted octanol–water partition coefficient (Wildman–Crippen LogP) is 3.59. The molecule has 5 nitrogen and oxygen atoms in total. The molecular weight excluding hydrogens is 314 g/mol. The van der Waals surface area contributed by atoms with Crippen LogP contribution in [0.5, 0.6) is 5.75 Å². The molecule has 0 unspecified atom stereocenters. The first-order chi connectivity index (χ1) is 11.3. The third-order valence-corrected chi connectivity index (χ3v) is 3.38. The molecule has 1 aromatic heterocycles. The van der Waals surface area contributed by atoms with Gasteiger partial charge < -0.3 is 14.5 Å². The minimum atomic E-state index is 0.258. The number of rotatable bonds is 7. The maximum Gasteiger partial charge on any atom is 0.253 e. The van der Waals surface area contributed by atoms with Crippen molar-refractivity contribution in [2.24, 2.45) is 0 Å². The van der Waals surface area contributed by atoms with Crippen LogP contribution in [0.4, 0.5) is 0 Å². The van der Waals surface area contributed by atoms with E-state index < -0.39 is 0 Å². The standard InChI is InChI=1S/C17H16ClN3O2/c18-14-8-6-13(7-9-14)10-19-11-16-20-21-17(23-16)12-22-15-4-2-1-3-5-15/h1-9,19H,10-12H2. The van der Waals surface area contributed by atoms with E-state index in [4.69, 9.17) is 20.8 Å². The van der Waals surface area contributed by atoms with Gasteiger partial charge in [0.2, 0.25) is 5.89 Å². The molecule has 0 aliphatic carbocycles. The van der Waals surface area contributed by atoms with E-state index in [9.17, 15) is 0 Å². The number of benzene rings is 2. The van der Waals surface area contributed by atoms with Crippen molar-refractivity contribution in [1.82, 2.24) is 15.5 Å². The second-order valence-corrected chi connectivity index (χ2v) is 5.36. The summed E-state index contributed by atoms with van der Waals surface area (Å²) in [5.41, 5.74) is 1.14. The Kier molecular flexibility index (Phi) is 5.24. The van der Waals surface area contributed by atoms with Gasteiger partial charge in [0.1, 0.15) is 5.75 Å². The number of hydrogen-bond donors (Lipinski definition) is 1. The second-order valence-electron chi connectivity index (χ2n) is 4.92. The Balaban J connectivity index is 1.44. The Morgan fingerprint density at radius 3 is 2.43 bits per heavy atom. The molecule has 3 aromatic rings. The smallest absolute Gasteiger partial charge is 0.253 e. The molecule has 0 atom stereocenters. The third-order valence-electron chi connectivity index (χ3n) is 3.13. The zero-order chi connectivity index (χ0) is 15.9. The molecule has 0 amide bonds. The van der Waals surface area contributed by atoms with E-state index in [1.54, 1.807) is 0 Å². The molecule has 23 heavy (non-hydrogen) atoms. The summed E-state index contributed by atoms with van der Waals surface area (Å²) in [6.07, 6.45) is 0. The van der Waals surface area contributed by atoms with E-state index in [-0.39, 0.29) is 6.61 Å². The van der Waals surface area contributed by atoms with Crippen LogP contribution in [0.15, 0.2) is 59.0 Å². The first-order valence-electron chi connectivity index (χ1n) is 7.24. The fourth-order valence-electron chi connectivity index (χ4n) is 2.00. The average Bonchev–Trinajstić information content (AvgIpc) is 3.04. The van der Waals surface area contributed by atoms with Crippen molar-refractivity contribution in [3.05, 3.63) is 77.0 Å². The van der Waals surface area contributed by atoms with Gasteiger partial charge in [-0.15, -0.1) is 10.2 Å². The van der Waals surface area contributed by atoms with Crippen molar-refractivity contribution in [2.45, 2.75) is 19.7 Å². The van der Waals surface area contributed by atoms with E-state index >= 15 is 0 Å². The van der Waals surface area contributed by atoms with E-state index in [0.29, 0.717) is 24.9 Å². The third kappa shape index (κ3) is 4.81. The summed E-state index contributed by atoms with van der Waals surface area (Å²) in [6.45, 7) is 1.46. The maximum absolute atomic E-state index is 5.85.